The number of unbranched alkanes of at least 4 members (excludes halogenated alkanes) is 14. The summed E-state index contributed by atoms with van der Waals surface area (Å²) in [7, 11) is 2.40. The van der Waals surface area contributed by atoms with Gasteiger partial charge in [-0.1, -0.05) is 121 Å². The highest BCUT2D eigenvalue weighted by atomic mass is 32.2. The first-order valence-electron chi connectivity index (χ1n) is 19.8. The zero-order chi connectivity index (χ0) is 40.1. The molecule has 0 radical (unpaired) electrons. The van der Waals surface area contributed by atoms with E-state index < -0.39 is 28.9 Å². The molecule has 4 aromatic rings. The van der Waals surface area contributed by atoms with Crippen molar-refractivity contribution in [3.8, 4) is 0 Å². The van der Waals surface area contributed by atoms with Crippen LogP contribution in [0.15, 0.2) is 71.1 Å². The number of ether oxygens (including phenoxy) is 2. The number of amides is 2. The minimum atomic E-state index is -1.29. The zero-order valence-corrected chi connectivity index (χ0v) is 34.5. The second-order valence-electron chi connectivity index (χ2n) is 13.9. The minimum absolute atomic E-state index is 0.0182. The molecule has 2 amide bonds. The molecule has 4 rings (SSSR count). The van der Waals surface area contributed by atoms with Crippen molar-refractivity contribution in [1.29, 1.82) is 0 Å². The number of hydrogen-bond donors (Lipinski definition) is 2. The number of para-hydroxylation sites is 1. The fourth-order valence-electron chi connectivity index (χ4n) is 6.36. The smallest absolute Gasteiger partial charge is 0.337 e. The maximum Gasteiger partial charge on any atom is 0.337 e. The number of nitrogens with one attached hydrogen (secondary N) is 2. The van der Waals surface area contributed by atoms with Crippen LogP contribution in [-0.4, -0.2) is 54.0 Å². The van der Waals surface area contributed by atoms with Crippen LogP contribution >= 0.6 is 23.1 Å². The third-order valence-electron chi connectivity index (χ3n) is 9.47. The van der Waals surface area contributed by atoms with E-state index in [1.54, 1.807) is 24.3 Å². The van der Waals surface area contributed by atoms with Gasteiger partial charge in [0.15, 0.2) is 15.4 Å². The Bertz CT molecular complexity index is 1830. The van der Waals surface area contributed by atoms with Gasteiger partial charge in [0.2, 0.25) is 11.8 Å². The molecule has 300 valence electrons. The summed E-state index contributed by atoms with van der Waals surface area (Å²) < 4.78 is 11.0. The lowest BCUT2D eigenvalue weighted by atomic mass is 10.0. The summed E-state index contributed by atoms with van der Waals surface area (Å²) in [5.41, 5.74) is 1.70. The Balaban J connectivity index is 1.30. The second-order valence-corrected chi connectivity index (χ2v) is 16.3. The fourth-order valence-corrected chi connectivity index (χ4v) is 8.57. The number of thiazole rings is 1. The average Bonchev–Trinajstić information content (AvgIpc) is 3.63. The van der Waals surface area contributed by atoms with Gasteiger partial charge in [-0.2, -0.15) is 0 Å². The number of esters is 2. The monoisotopic (exact) mass is 801 g/mol. The van der Waals surface area contributed by atoms with Crippen LogP contribution in [0.2, 0.25) is 0 Å². The molecule has 56 heavy (non-hydrogen) atoms. The number of aromatic nitrogens is 1. The van der Waals surface area contributed by atoms with Crippen molar-refractivity contribution >= 4 is 74.2 Å². The Labute approximate surface area is 338 Å². The number of Topliss-reactive ketones (excluding diaryl/α,β-unsaturated/α-hetero) is 1. The van der Waals surface area contributed by atoms with Gasteiger partial charge in [0, 0.05) is 23.4 Å². The number of anilines is 2. The van der Waals surface area contributed by atoms with E-state index in [1.807, 2.05) is 24.3 Å². The number of fused-ring (bicyclic) bond motifs is 1. The van der Waals surface area contributed by atoms with E-state index >= 15 is 0 Å². The van der Waals surface area contributed by atoms with Gasteiger partial charge < -0.3 is 20.1 Å². The van der Waals surface area contributed by atoms with E-state index in [-0.39, 0.29) is 28.3 Å². The Morgan fingerprint density at radius 2 is 1.18 bits per heavy atom. The maximum absolute atomic E-state index is 14.0. The van der Waals surface area contributed by atoms with Crippen LogP contribution in [0.5, 0.6) is 0 Å². The molecule has 1 aromatic heterocycles. The van der Waals surface area contributed by atoms with Crippen LogP contribution < -0.4 is 10.6 Å². The molecule has 1 heterocycles. The molecule has 0 saturated carbocycles. The predicted molar refractivity (Wildman–Crippen MR) is 226 cm³/mol. The molecule has 0 aliphatic carbocycles. The summed E-state index contributed by atoms with van der Waals surface area (Å²) in [6.07, 6.45) is 19.4. The number of methoxy groups -OCH3 is 2. The maximum atomic E-state index is 14.0. The van der Waals surface area contributed by atoms with E-state index in [0.717, 1.165) is 41.2 Å². The molecule has 2 N–H and O–H groups in total. The van der Waals surface area contributed by atoms with Crippen molar-refractivity contribution in [2.45, 2.75) is 119 Å². The van der Waals surface area contributed by atoms with Crippen molar-refractivity contribution in [2.24, 2.45) is 0 Å². The standard InChI is InChI=1S/C44H55N3O7S2/c1-4-5-6-7-8-9-10-11-12-13-14-15-16-17-18-23-38(48)45-34-26-24-31(25-27-34)39(49)40(56-44-47-36-21-19-20-22-37(36)55-44)41(50)46-35-29-32(42(51)53-2)28-33(30-35)43(52)54-3/h19-22,24-30,40H,4-18,23H2,1-3H3,(H,45,48)(H,46,50)/t40-/m0/s1. The Kier molecular flexibility index (Phi) is 19.1. The normalized spacial score (nSPS) is 11.6. The van der Waals surface area contributed by atoms with Crippen molar-refractivity contribution in [3.05, 3.63) is 83.4 Å². The average molecular weight is 802 g/mol. The molecule has 0 aliphatic rings. The van der Waals surface area contributed by atoms with Crippen LogP contribution in [-0.2, 0) is 19.1 Å². The van der Waals surface area contributed by atoms with Crippen LogP contribution in [0.25, 0.3) is 10.2 Å². The number of ketones is 1. The van der Waals surface area contributed by atoms with Gasteiger partial charge in [-0.25, -0.2) is 14.6 Å². The third kappa shape index (κ3) is 14.5. The van der Waals surface area contributed by atoms with Gasteiger partial charge in [0.25, 0.3) is 0 Å². The zero-order valence-electron chi connectivity index (χ0n) is 32.9. The summed E-state index contributed by atoms with van der Waals surface area (Å²) in [4.78, 5) is 69.9. The molecular formula is C44H55N3O7S2. The molecule has 10 nitrogen and oxygen atoms in total. The van der Waals surface area contributed by atoms with Crippen LogP contribution in [0.4, 0.5) is 11.4 Å². The summed E-state index contributed by atoms with van der Waals surface area (Å²) in [6, 6.07) is 18.0. The van der Waals surface area contributed by atoms with Crippen LogP contribution in [0.1, 0.15) is 141 Å². The summed E-state index contributed by atoms with van der Waals surface area (Å²) in [5, 5.41) is 4.33. The molecule has 0 aliphatic heterocycles. The van der Waals surface area contributed by atoms with Gasteiger partial charge >= 0.3 is 11.9 Å². The predicted octanol–water partition coefficient (Wildman–Crippen LogP) is 11.1. The molecule has 0 bridgehead atoms. The number of carbonyl (C=O) groups excluding carboxylic acids is 5. The minimum Gasteiger partial charge on any atom is -0.465 e. The SMILES string of the molecule is CCCCCCCCCCCCCCCCCC(=O)Nc1ccc(C(=O)[C@H](Sc2nc3ccccc3s2)C(=O)Nc2cc(C(=O)OC)cc(C(=O)OC)c2)cc1. The fraction of sp³-hybridized carbons (Fsp3) is 0.455. The Morgan fingerprint density at radius 3 is 1.71 bits per heavy atom. The lowest BCUT2D eigenvalue weighted by Crippen LogP contribution is -2.32. The topological polar surface area (TPSA) is 141 Å². The first kappa shape index (κ1) is 44.2. The molecule has 0 saturated heterocycles. The molecule has 0 unspecified atom stereocenters. The van der Waals surface area contributed by atoms with Gasteiger partial charge in [-0.05, 0) is 61.0 Å². The lowest BCUT2D eigenvalue weighted by Gasteiger charge is -2.16. The summed E-state index contributed by atoms with van der Waals surface area (Å²) in [6.45, 7) is 2.26. The number of benzene rings is 3. The molecule has 0 fully saturated rings. The molecular weight excluding hydrogens is 747 g/mol. The van der Waals surface area contributed by atoms with E-state index in [2.05, 4.69) is 22.5 Å². The largest absolute Gasteiger partial charge is 0.465 e. The number of hydrogen-bond acceptors (Lipinski definition) is 10. The van der Waals surface area contributed by atoms with Gasteiger partial charge in [0.05, 0.1) is 35.6 Å². The highest BCUT2D eigenvalue weighted by Crippen LogP contribution is 2.34. The highest BCUT2D eigenvalue weighted by molar-refractivity contribution is 8.03. The molecule has 12 heteroatoms. The van der Waals surface area contributed by atoms with E-state index in [0.29, 0.717) is 16.4 Å². The Hall–Kier alpha value is -4.55. The number of carbonyl (C=O) groups is 5. The first-order chi connectivity index (χ1) is 27.2. The van der Waals surface area contributed by atoms with E-state index in [1.165, 1.54) is 121 Å². The van der Waals surface area contributed by atoms with Crippen LogP contribution in [0, 0.1) is 0 Å². The van der Waals surface area contributed by atoms with Crippen LogP contribution in [0.3, 0.4) is 0 Å². The molecule has 1 atom stereocenters. The quantitative estimate of drug-likeness (QED) is 0.0220. The molecule has 3 aromatic carbocycles. The van der Waals surface area contributed by atoms with Crippen molar-refractivity contribution in [1.82, 2.24) is 4.98 Å². The Morgan fingerprint density at radius 1 is 0.643 bits per heavy atom. The number of nitrogens with zero attached hydrogens (tertiary/aromatic N) is 1. The summed E-state index contributed by atoms with van der Waals surface area (Å²) in [5.74, 6) is -2.69. The van der Waals surface area contributed by atoms with Crippen molar-refractivity contribution in [2.75, 3.05) is 24.9 Å². The lowest BCUT2D eigenvalue weighted by molar-refractivity contribution is -0.116. The van der Waals surface area contributed by atoms with E-state index in [9.17, 15) is 24.0 Å². The summed E-state index contributed by atoms with van der Waals surface area (Å²) >= 11 is 2.36. The molecule has 0 spiro atoms. The third-order valence-corrected chi connectivity index (χ3v) is 11.8. The second kappa shape index (κ2) is 24.2. The van der Waals surface area contributed by atoms with E-state index in [4.69, 9.17) is 9.47 Å². The van der Waals surface area contributed by atoms with Gasteiger partial charge in [0.1, 0.15) is 0 Å². The number of rotatable bonds is 25. The van der Waals surface area contributed by atoms with Crippen molar-refractivity contribution < 1.29 is 33.4 Å². The first-order valence-corrected chi connectivity index (χ1v) is 21.5. The van der Waals surface area contributed by atoms with Crippen molar-refractivity contribution in [3.63, 3.8) is 0 Å². The number of thioether (sulfide) groups is 1. The highest BCUT2D eigenvalue weighted by Gasteiger charge is 2.31. The van der Waals surface area contributed by atoms with Gasteiger partial charge in [-0.3, -0.25) is 14.4 Å². The van der Waals surface area contributed by atoms with Gasteiger partial charge in [-0.15, -0.1) is 11.3 Å².